The Labute approximate surface area is 155 Å². The molecule has 0 fully saturated rings. The number of carboxylic acids is 1. The van der Waals surface area contributed by atoms with Gasteiger partial charge in [0.15, 0.2) is 0 Å². The molecule has 0 saturated heterocycles. The van der Waals surface area contributed by atoms with Gasteiger partial charge in [0.25, 0.3) is 0 Å². The summed E-state index contributed by atoms with van der Waals surface area (Å²) in [6.07, 6.45) is 1.74. The molecule has 2 aromatic rings. The standard InChI is InChI=1S/C18H20N2O3S2/c1-11-9-12(5-6-13(11)20-23)16-19-14(15(25-16)17(21)22)7-8-24-10-18(2,3)4/h5-9H,10H2,1-4H3,(H,21,22). The molecule has 0 radical (unpaired) electrons. The van der Waals surface area contributed by atoms with E-state index in [4.69, 9.17) is 0 Å². The normalized spacial score (nSPS) is 11.8. The lowest BCUT2D eigenvalue weighted by atomic mass is 10.0. The second kappa shape index (κ2) is 7.93. The highest BCUT2D eigenvalue weighted by molar-refractivity contribution is 8.02. The van der Waals surface area contributed by atoms with E-state index in [9.17, 15) is 14.8 Å². The zero-order valence-corrected chi connectivity index (χ0v) is 16.2. The lowest BCUT2D eigenvalue weighted by Gasteiger charge is -2.15. The fourth-order valence-corrected chi connectivity index (χ4v) is 3.73. The largest absolute Gasteiger partial charge is 0.477 e. The zero-order valence-electron chi connectivity index (χ0n) is 14.6. The topological polar surface area (TPSA) is 79.6 Å². The van der Waals surface area contributed by atoms with Crippen LogP contribution < -0.4 is 0 Å². The minimum atomic E-state index is -0.993. The van der Waals surface area contributed by atoms with Crippen molar-refractivity contribution in [3.05, 3.63) is 44.6 Å². The summed E-state index contributed by atoms with van der Waals surface area (Å²) in [5.41, 5.74) is 2.53. The summed E-state index contributed by atoms with van der Waals surface area (Å²) in [5, 5.41) is 14.9. The van der Waals surface area contributed by atoms with Crippen LogP contribution in [0.25, 0.3) is 16.6 Å². The Morgan fingerprint density at radius 3 is 2.68 bits per heavy atom. The smallest absolute Gasteiger partial charge is 0.348 e. The molecule has 0 aliphatic rings. The highest BCUT2D eigenvalue weighted by Gasteiger charge is 2.17. The molecule has 25 heavy (non-hydrogen) atoms. The van der Waals surface area contributed by atoms with Crippen LogP contribution in [0.4, 0.5) is 5.69 Å². The number of aromatic carboxylic acids is 1. The molecule has 1 aromatic carbocycles. The third kappa shape index (κ3) is 5.24. The van der Waals surface area contributed by atoms with Crippen molar-refractivity contribution in [2.24, 2.45) is 10.6 Å². The van der Waals surface area contributed by atoms with E-state index in [1.54, 1.807) is 43.0 Å². The van der Waals surface area contributed by atoms with Crippen LogP contribution in [-0.2, 0) is 0 Å². The zero-order chi connectivity index (χ0) is 18.6. The van der Waals surface area contributed by atoms with Gasteiger partial charge in [-0.1, -0.05) is 20.8 Å². The lowest BCUT2D eigenvalue weighted by Crippen LogP contribution is -2.07. The van der Waals surface area contributed by atoms with Crippen LogP contribution >= 0.6 is 23.1 Å². The van der Waals surface area contributed by atoms with E-state index in [-0.39, 0.29) is 10.3 Å². The summed E-state index contributed by atoms with van der Waals surface area (Å²) in [6, 6.07) is 5.15. The van der Waals surface area contributed by atoms with Crippen LogP contribution in [-0.4, -0.2) is 21.8 Å². The molecule has 0 unspecified atom stereocenters. The van der Waals surface area contributed by atoms with Crippen LogP contribution in [0.2, 0.25) is 0 Å². The highest BCUT2D eigenvalue weighted by atomic mass is 32.2. The minimum Gasteiger partial charge on any atom is -0.477 e. The average molecular weight is 377 g/mol. The number of nitrogens with zero attached hydrogens (tertiary/aromatic N) is 2. The second-order valence-corrected chi connectivity index (χ2v) is 8.70. The third-order valence-corrected chi connectivity index (χ3v) is 5.70. The molecule has 5 nitrogen and oxygen atoms in total. The van der Waals surface area contributed by atoms with Crippen molar-refractivity contribution in [1.82, 2.24) is 4.98 Å². The van der Waals surface area contributed by atoms with E-state index >= 15 is 0 Å². The third-order valence-electron chi connectivity index (χ3n) is 3.23. The number of nitroso groups, excluding NO2 is 1. The van der Waals surface area contributed by atoms with Crippen LogP contribution in [0, 0.1) is 17.2 Å². The Morgan fingerprint density at radius 2 is 2.12 bits per heavy atom. The van der Waals surface area contributed by atoms with Gasteiger partial charge in [0, 0.05) is 11.3 Å². The molecule has 0 atom stereocenters. The number of benzene rings is 1. The first-order chi connectivity index (χ1) is 11.7. The van der Waals surface area contributed by atoms with Crippen molar-refractivity contribution in [3.8, 4) is 10.6 Å². The fourth-order valence-electron chi connectivity index (χ4n) is 2.02. The summed E-state index contributed by atoms with van der Waals surface area (Å²) >= 11 is 2.76. The summed E-state index contributed by atoms with van der Waals surface area (Å²) in [7, 11) is 0. The Bertz CT molecular complexity index is 820. The number of carbonyl (C=O) groups is 1. The monoisotopic (exact) mass is 376 g/mol. The maximum atomic E-state index is 11.5. The van der Waals surface area contributed by atoms with Crippen molar-refractivity contribution < 1.29 is 9.90 Å². The molecule has 1 N–H and O–H groups in total. The molecule has 0 saturated carbocycles. The number of aryl methyl sites for hydroxylation is 1. The molecule has 0 spiro atoms. The molecule has 132 valence electrons. The predicted octanol–water partition coefficient (Wildman–Crippen LogP) is 5.96. The molecule has 0 aliphatic carbocycles. The van der Waals surface area contributed by atoms with Crippen molar-refractivity contribution in [1.29, 1.82) is 0 Å². The van der Waals surface area contributed by atoms with Crippen LogP contribution in [0.15, 0.2) is 28.8 Å². The van der Waals surface area contributed by atoms with Gasteiger partial charge in [-0.2, -0.15) is 0 Å². The number of hydrogen-bond donors (Lipinski definition) is 1. The van der Waals surface area contributed by atoms with Gasteiger partial charge in [0.05, 0.1) is 5.69 Å². The molecule has 1 heterocycles. The fraction of sp³-hybridized carbons (Fsp3) is 0.333. The van der Waals surface area contributed by atoms with Gasteiger partial charge >= 0.3 is 5.97 Å². The first-order valence-electron chi connectivity index (χ1n) is 7.68. The maximum Gasteiger partial charge on any atom is 0.348 e. The molecule has 0 aliphatic heterocycles. The number of thiazole rings is 1. The quantitative estimate of drug-likeness (QED) is 0.629. The Kier molecular flexibility index (Phi) is 6.13. The number of carboxylic acid groups (broad SMARTS) is 1. The van der Waals surface area contributed by atoms with Crippen LogP contribution in [0.5, 0.6) is 0 Å². The summed E-state index contributed by atoms with van der Waals surface area (Å²) in [5.74, 6) is -0.0606. The molecule has 0 bridgehead atoms. The maximum absolute atomic E-state index is 11.5. The summed E-state index contributed by atoms with van der Waals surface area (Å²) in [6.45, 7) is 8.24. The van der Waals surface area contributed by atoms with Crippen LogP contribution in [0.3, 0.4) is 0 Å². The van der Waals surface area contributed by atoms with Gasteiger partial charge in [0.1, 0.15) is 15.6 Å². The van der Waals surface area contributed by atoms with Gasteiger partial charge in [0.2, 0.25) is 0 Å². The molecular weight excluding hydrogens is 356 g/mol. The lowest BCUT2D eigenvalue weighted by molar-refractivity contribution is 0.0701. The number of rotatable bonds is 6. The van der Waals surface area contributed by atoms with Crippen molar-refractivity contribution in [3.63, 3.8) is 0 Å². The molecule has 0 amide bonds. The summed E-state index contributed by atoms with van der Waals surface area (Å²) < 4.78 is 0. The van der Waals surface area contributed by atoms with Crippen LogP contribution in [0.1, 0.15) is 41.7 Å². The minimum absolute atomic E-state index is 0.198. The number of thioether (sulfide) groups is 1. The van der Waals surface area contributed by atoms with E-state index in [0.29, 0.717) is 16.4 Å². The second-order valence-electron chi connectivity index (χ2n) is 6.81. The highest BCUT2D eigenvalue weighted by Crippen LogP contribution is 2.32. The number of hydrogen-bond acceptors (Lipinski definition) is 6. The molecule has 7 heteroatoms. The average Bonchev–Trinajstić information content (AvgIpc) is 2.95. The van der Waals surface area contributed by atoms with E-state index in [1.165, 1.54) is 0 Å². The molecular formula is C18H20N2O3S2. The van der Waals surface area contributed by atoms with Gasteiger partial charge in [-0.3, -0.25) is 0 Å². The SMILES string of the molecule is Cc1cc(-c2nc(C=CSCC(C)(C)C)c(C(=O)O)s2)ccc1N=O. The Hall–Kier alpha value is -1.99. The predicted molar refractivity (Wildman–Crippen MR) is 106 cm³/mol. The first kappa shape index (κ1) is 19.3. The van der Waals surface area contributed by atoms with Crippen molar-refractivity contribution in [2.75, 3.05) is 5.75 Å². The van der Waals surface area contributed by atoms with Gasteiger partial charge in [-0.25, -0.2) is 9.78 Å². The van der Waals surface area contributed by atoms with Gasteiger partial charge < -0.3 is 5.11 Å². The van der Waals surface area contributed by atoms with E-state index in [1.807, 2.05) is 5.41 Å². The Balaban J connectivity index is 2.30. The van der Waals surface area contributed by atoms with E-state index in [2.05, 4.69) is 30.9 Å². The van der Waals surface area contributed by atoms with Crippen molar-refractivity contribution >= 4 is 40.8 Å². The van der Waals surface area contributed by atoms with E-state index in [0.717, 1.165) is 28.2 Å². The van der Waals surface area contributed by atoms with E-state index < -0.39 is 5.97 Å². The van der Waals surface area contributed by atoms with Crippen molar-refractivity contribution in [2.45, 2.75) is 27.7 Å². The number of aromatic nitrogens is 1. The molecule has 2 rings (SSSR count). The Morgan fingerprint density at radius 1 is 1.40 bits per heavy atom. The molecule has 1 aromatic heterocycles. The summed E-state index contributed by atoms with van der Waals surface area (Å²) in [4.78, 5) is 26.9. The van der Waals surface area contributed by atoms with Gasteiger partial charge in [-0.05, 0) is 52.8 Å². The first-order valence-corrected chi connectivity index (χ1v) is 9.54. The van der Waals surface area contributed by atoms with Gasteiger partial charge in [-0.15, -0.1) is 28.0 Å².